The van der Waals surface area contributed by atoms with Gasteiger partial charge in [0.1, 0.15) is 11.5 Å². The molecule has 0 amide bonds. The fraction of sp³-hybridized carbons (Fsp3) is 0.545. The van der Waals surface area contributed by atoms with Crippen molar-refractivity contribution in [3.63, 3.8) is 0 Å². The highest BCUT2D eigenvalue weighted by molar-refractivity contribution is 9.09. The Labute approximate surface area is 161 Å². The number of aryl methyl sites for hydroxylation is 1. The van der Waals surface area contributed by atoms with E-state index in [9.17, 15) is 0 Å². The third-order valence-electron chi connectivity index (χ3n) is 4.59. The summed E-state index contributed by atoms with van der Waals surface area (Å²) in [6, 6.07) is 10.6. The molecular formula is C22H31BrO2. The minimum absolute atomic E-state index is 0.643. The topological polar surface area (TPSA) is 18.5 Å². The van der Waals surface area contributed by atoms with E-state index in [1.165, 1.54) is 35.6 Å². The summed E-state index contributed by atoms with van der Waals surface area (Å²) in [7, 11) is 0. The number of alkyl halides is 1. The molecule has 2 aromatic rings. The van der Waals surface area contributed by atoms with Crippen LogP contribution in [-0.2, 0) is 0 Å². The number of hydrogen-bond donors (Lipinski definition) is 0. The second-order valence-corrected chi connectivity index (χ2v) is 7.92. The monoisotopic (exact) mass is 406 g/mol. The van der Waals surface area contributed by atoms with E-state index in [0.29, 0.717) is 4.83 Å². The summed E-state index contributed by atoms with van der Waals surface area (Å²) in [5.41, 5.74) is 1.21. The molecule has 1 unspecified atom stereocenters. The Balaban J connectivity index is 1.92. The normalized spacial score (nSPS) is 12.3. The second-order valence-electron chi connectivity index (χ2n) is 6.62. The van der Waals surface area contributed by atoms with Crippen LogP contribution in [0.1, 0.15) is 57.9 Å². The van der Waals surface area contributed by atoms with E-state index in [1.807, 2.05) is 0 Å². The van der Waals surface area contributed by atoms with Crippen molar-refractivity contribution in [3.05, 3.63) is 35.9 Å². The minimum Gasteiger partial charge on any atom is -0.494 e. The summed E-state index contributed by atoms with van der Waals surface area (Å²) < 4.78 is 11.8. The lowest BCUT2D eigenvalue weighted by molar-refractivity contribution is 0.305. The highest BCUT2D eigenvalue weighted by Gasteiger charge is 2.06. The maximum atomic E-state index is 5.93. The number of ether oxygens (including phenoxy) is 2. The average molecular weight is 407 g/mol. The molecule has 0 radical (unpaired) electrons. The van der Waals surface area contributed by atoms with Gasteiger partial charge >= 0.3 is 0 Å². The van der Waals surface area contributed by atoms with Crippen LogP contribution >= 0.6 is 15.9 Å². The molecule has 0 bridgehead atoms. The minimum atomic E-state index is 0.643. The SMILES string of the molecule is CCCCOc1ccc2cc(OCCCCC(Br)CC)ccc2c1C. The standard InChI is InChI=1S/C22H31BrO2/c1-4-6-14-25-22-13-10-18-16-20(11-12-21(18)17(22)3)24-15-8-7-9-19(23)5-2/h10-13,16,19H,4-9,14-15H2,1-3H3. The van der Waals surface area contributed by atoms with Crippen LogP contribution in [0.15, 0.2) is 30.3 Å². The molecule has 0 N–H and O–H groups in total. The van der Waals surface area contributed by atoms with Crippen molar-refractivity contribution in [3.8, 4) is 11.5 Å². The largest absolute Gasteiger partial charge is 0.494 e. The van der Waals surface area contributed by atoms with Crippen molar-refractivity contribution in [2.45, 2.75) is 64.1 Å². The highest BCUT2D eigenvalue weighted by Crippen LogP contribution is 2.30. The fourth-order valence-corrected chi connectivity index (χ4v) is 3.20. The molecule has 0 heterocycles. The summed E-state index contributed by atoms with van der Waals surface area (Å²) in [5, 5.41) is 2.45. The van der Waals surface area contributed by atoms with Crippen LogP contribution in [0.4, 0.5) is 0 Å². The molecule has 0 saturated heterocycles. The Hall–Kier alpha value is -1.22. The van der Waals surface area contributed by atoms with Gasteiger partial charge in [-0.05, 0) is 73.6 Å². The van der Waals surface area contributed by atoms with Gasteiger partial charge in [0.05, 0.1) is 13.2 Å². The molecule has 0 aliphatic rings. The number of fused-ring (bicyclic) bond motifs is 1. The molecule has 0 aromatic heterocycles. The van der Waals surface area contributed by atoms with Crippen molar-refractivity contribution in [1.29, 1.82) is 0 Å². The van der Waals surface area contributed by atoms with Gasteiger partial charge in [0.25, 0.3) is 0 Å². The third-order valence-corrected chi connectivity index (χ3v) is 5.70. The van der Waals surface area contributed by atoms with Gasteiger partial charge in [0.15, 0.2) is 0 Å². The van der Waals surface area contributed by atoms with Crippen molar-refractivity contribution in [1.82, 2.24) is 0 Å². The fourth-order valence-electron chi connectivity index (χ4n) is 2.88. The quantitative estimate of drug-likeness (QED) is 0.294. The first kappa shape index (κ1) is 20.1. The first-order valence-electron chi connectivity index (χ1n) is 9.58. The van der Waals surface area contributed by atoms with Crippen LogP contribution in [0.5, 0.6) is 11.5 Å². The van der Waals surface area contributed by atoms with Crippen molar-refractivity contribution in [2.24, 2.45) is 0 Å². The smallest absolute Gasteiger partial charge is 0.122 e. The van der Waals surface area contributed by atoms with E-state index >= 15 is 0 Å². The summed E-state index contributed by atoms with van der Waals surface area (Å²) >= 11 is 3.68. The Morgan fingerprint density at radius 3 is 2.52 bits per heavy atom. The highest BCUT2D eigenvalue weighted by atomic mass is 79.9. The van der Waals surface area contributed by atoms with Gasteiger partial charge in [-0.3, -0.25) is 0 Å². The van der Waals surface area contributed by atoms with Crippen LogP contribution in [0.2, 0.25) is 0 Å². The summed E-state index contributed by atoms with van der Waals surface area (Å²) in [6.07, 6.45) is 6.96. The molecule has 1 atom stereocenters. The summed E-state index contributed by atoms with van der Waals surface area (Å²) in [5.74, 6) is 1.95. The van der Waals surface area contributed by atoms with Crippen LogP contribution in [0, 0.1) is 6.92 Å². The molecule has 0 fully saturated rings. The Bertz CT molecular complexity index is 654. The number of rotatable bonds is 11. The first-order chi connectivity index (χ1) is 12.2. The summed E-state index contributed by atoms with van der Waals surface area (Å²) in [4.78, 5) is 0.643. The Morgan fingerprint density at radius 1 is 0.960 bits per heavy atom. The van der Waals surface area contributed by atoms with Crippen molar-refractivity contribution in [2.75, 3.05) is 13.2 Å². The molecule has 2 rings (SSSR count). The molecule has 25 heavy (non-hydrogen) atoms. The number of unbranched alkanes of at least 4 members (excludes halogenated alkanes) is 2. The molecule has 2 nitrogen and oxygen atoms in total. The van der Waals surface area contributed by atoms with Crippen LogP contribution < -0.4 is 9.47 Å². The zero-order valence-electron chi connectivity index (χ0n) is 15.8. The molecule has 0 aliphatic heterocycles. The maximum absolute atomic E-state index is 5.93. The number of hydrogen-bond acceptors (Lipinski definition) is 2. The van der Waals surface area contributed by atoms with Gasteiger partial charge in [0.2, 0.25) is 0 Å². The molecule has 0 spiro atoms. The Morgan fingerprint density at radius 2 is 1.76 bits per heavy atom. The van der Waals surface area contributed by atoms with Gasteiger partial charge in [-0.1, -0.05) is 48.3 Å². The first-order valence-corrected chi connectivity index (χ1v) is 10.5. The van der Waals surface area contributed by atoms with E-state index < -0.39 is 0 Å². The van der Waals surface area contributed by atoms with E-state index in [2.05, 4.69) is 67.0 Å². The van der Waals surface area contributed by atoms with Gasteiger partial charge in [-0.15, -0.1) is 0 Å². The second kappa shape index (κ2) is 10.7. The number of halogens is 1. The zero-order chi connectivity index (χ0) is 18.1. The molecule has 3 heteroatoms. The van der Waals surface area contributed by atoms with Crippen LogP contribution in [0.25, 0.3) is 10.8 Å². The van der Waals surface area contributed by atoms with Gasteiger partial charge in [0, 0.05) is 4.83 Å². The third kappa shape index (κ3) is 6.22. The molecule has 0 saturated carbocycles. The maximum Gasteiger partial charge on any atom is 0.122 e. The zero-order valence-corrected chi connectivity index (χ0v) is 17.4. The average Bonchev–Trinajstić information content (AvgIpc) is 2.63. The van der Waals surface area contributed by atoms with E-state index in [4.69, 9.17) is 9.47 Å². The predicted molar refractivity (Wildman–Crippen MR) is 111 cm³/mol. The molecule has 2 aromatic carbocycles. The lowest BCUT2D eigenvalue weighted by Crippen LogP contribution is -2.01. The van der Waals surface area contributed by atoms with Gasteiger partial charge in [-0.25, -0.2) is 0 Å². The van der Waals surface area contributed by atoms with E-state index in [1.54, 1.807) is 0 Å². The van der Waals surface area contributed by atoms with E-state index in [0.717, 1.165) is 44.0 Å². The van der Waals surface area contributed by atoms with Crippen molar-refractivity contribution < 1.29 is 9.47 Å². The lowest BCUT2D eigenvalue weighted by Gasteiger charge is -2.13. The molecule has 0 aliphatic carbocycles. The van der Waals surface area contributed by atoms with Gasteiger partial charge in [-0.2, -0.15) is 0 Å². The molecular weight excluding hydrogens is 376 g/mol. The summed E-state index contributed by atoms with van der Waals surface area (Å²) in [6.45, 7) is 8.10. The lowest BCUT2D eigenvalue weighted by atomic mass is 10.0. The molecule has 138 valence electrons. The Kier molecular flexibility index (Phi) is 8.60. The van der Waals surface area contributed by atoms with Crippen LogP contribution in [-0.4, -0.2) is 18.0 Å². The van der Waals surface area contributed by atoms with Gasteiger partial charge < -0.3 is 9.47 Å². The van der Waals surface area contributed by atoms with Crippen LogP contribution in [0.3, 0.4) is 0 Å². The number of benzene rings is 2. The van der Waals surface area contributed by atoms with Crippen molar-refractivity contribution >= 4 is 26.7 Å². The van der Waals surface area contributed by atoms with E-state index in [-0.39, 0.29) is 0 Å². The predicted octanol–water partition coefficient (Wildman–Crippen LogP) is 7.05.